The molecule has 0 aliphatic heterocycles. The third kappa shape index (κ3) is 2.51. The molecule has 1 N–H and O–H groups in total. The van der Waals surface area contributed by atoms with E-state index in [2.05, 4.69) is 31.2 Å². The number of nitrogens with one attached hydrogen (secondary N) is 1. The molecule has 1 heterocycles. The number of rotatable bonds is 2. The summed E-state index contributed by atoms with van der Waals surface area (Å²) in [5.74, 6) is 0.527. The monoisotopic (exact) mass is 297 g/mol. The highest BCUT2D eigenvalue weighted by Crippen LogP contribution is 2.27. The zero-order valence-corrected chi connectivity index (χ0v) is 10.9. The van der Waals surface area contributed by atoms with Crippen LogP contribution in [0.1, 0.15) is 5.56 Å². The predicted octanol–water partition coefficient (Wildman–Crippen LogP) is 3.94. The number of halogens is 2. The van der Waals surface area contributed by atoms with Crippen LogP contribution in [0, 0.1) is 6.92 Å². The summed E-state index contributed by atoms with van der Waals surface area (Å²) in [6.45, 7) is 1.98. The van der Waals surface area contributed by atoms with Crippen molar-refractivity contribution in [1.29, 1.82) is 0 Å². The number of hydrogen-bond acceptors (Lipinski definition) is 3. The third-order valence-electron chi connectivity index (χ3n) is 2.08. The summed E-state index contributed by atoms with van der Waals surface area (Å²) in [6.07, 6.45) is 3.36. The van der Waals surface area contributed by atoms with Crippen molar-refractivity contribution in [3.63, 3.8) is 0 Å². The molecule has 2 rings (SSSR count). The van der Waals surface area contributed by atoms with Crippen LogP contribution in [0.2, 0.25) is 5.02 Å². The average molecular weight is 299 g/mol. The van der Waals surface area contributed by atoms with Gasteiger partial charge in [0.25, 0.3) is 0 Å². The highest BCUT2D eigenvalue weighted by molar-refractivity contribution is 9.10. The van der Waals surface area contributed by atoms with Crippen molar-refractivity contribution in [1.82, 2.24) is 9.97 Å². The van der Waals surface area contributed by atoms with Crippen LogP contribution in [-0.2, 0) is 0 Å². The molecule has 0 aliphatic rings. The number of hydrogen-bond donors (Lipinski definition) is 1. The number of anilines is 2. The van der Waals surface area contributed by atoms with E-state index in [1.165, 1.54) is 0 Å². The maximum atomic E-state index is 6.08. The number of aryl methyl sites for hydroxylation is 1. The maximum Gasteiger partial charge on any atom is 0.227 e. The summed E-state index contributed by atoms with van der Waals surface area (Å²) >= 11 is 9.36. The summed E-state index contributed by atoms with van der Waals surface area (Å²) in [5, 5.41) is 3.75. The van der Waals surface area contributed by atoms with Crippen LogP contribution >= 0.6 is 27.5 Å². The molecule has 0 radical (unpaired) electrons. The molecule has 1 aromatic carbocycles. The Bertz CT molecular complexity index is 479. The topological polar surface area (TPSA) is 37.8 Å². The maximum absolute atomic E-state index is 6.08. The quantitative estimate of drug-likeness (QED) is 0.912. The van der Waals surface area contributed by atoms with Gasteiger partial charge >= 0.3 is 0 Å². The molecular weight excluding hydrogens is 289 g/mol. The molecule has 3 nitrogen and oxygen atoms in total. The fraction of sp³-hybridized carbons (Fsp3) is 0.0909. The molecule has 0 saturated heterocycles. The molecule has 1 aromatic heterocycles. The first kappa shape index (κ1) is 11.4. The van der Waals surface area contributed by atoms with Crippen molar-refractivity contribution in [3.8, 4) is 0 Å². The van der Waals surface area contributed by atoms with E-state index in [4.69, 9.17) is 11.6 Å². The van der Waals surface area contributed by atoms with Gasteiger partial charge in [-0.15, -0.1) is 0 Å². The second kappa shape index (κ2) is 4.80. The molecule has 0 fully saturated rings. The molecule has 16 heavy (non-hydrogen) atoms. The van der Waals surface area contributed by atoms with Gasteiger partial charge in [0.2, 0.25) is 5.95 Å². The second-order valence-electron chi connectivity index (χ2n) is 3.28. The van der Waals surface area contributed by atoms with Crippen LogP contribution in [0.3, 0.4) is 0 Å². The summed E-state index contributed by atoms with van der Waals surface area (Å²) in [4.78, 5) is 8.26. The standard InChI is InChI=1S/C11H9BrClN3/c1-7-3-2-4-9(13)10(7)16-11-14-5-8(12)6-15-11/h2-6H,1H3,(H,14,15,16). The van der Waals surface area contributed by atoms with Gasteiger partial charge in [0, 0.05) is 12.4 Å². The van der Waals surface area contributed by atoms with E-state index >= 15 is 0 Å². The predicted molar refractivity (Wildman–Crippen MR) is 69.2 cm³/mol. The third-order valence-corrected chi connectivity index (χ3v) is 2.80. The smallest absolute Gasteiger partial charge is 0.227 e. The van der Waals surface area contributed by atoms with Crippen molar-refractivity contribution in [3.05, 3.63) is 45.7 Å². The molecular formula is C11H9BrClN3. The van der Waals surface area contributed by atoms with Gasteiger partial charge < -0.3 is 5.32 Å². The largest absolute Gasteiger partial charge is 0.323 e. The fourth-order valence-electron chi connectivity index (χ4n) is 1.28. The number of para-hydroxylation sites is 1. The van der Waals surface area contributed by atoms with Gasteiger partial charge in [0.15, 0.2) is 0 Å². The molecule has 0 amide bonds. The van der Waals surface area contributed by atoms with Crippen molar-refractivity contribution < 1.29 is 0 Å². The normalized spacial score (nSPS) is 10.2. The molecule has 0 spiro atoms. The number of nitrogens with zero attached hydrogens (tertiary/aromatic N) is 2. The summed E-state index contributed by atoms with van der Waals surface area (Å²) in [7, 11) is 0. The lowest BCUT2D eigenvalue weighted by Gasteiger charge is -2.09. The van der Waals surface area contributed by atoms with Crippen LogP contribution in [-0.4, -0.2) is 9.97 Å². The molecule has 0 aliphatic carbocycles. The minimum atomic E-state index is 0.527. The van der Waals surface area contributed by atoms with E-state index in [9.17, 15) is 0 Å². The molecule has 5 heteroatoms. The lowest BCUT2D eigenvalue weighted by Crippen LogP contribution is -1.98. The average Bonchev–Trinajstić information content (AvgIpc) is 2.26. The molecule has 0 atom stereocenters. The lowest BCUT2D eigenvalue weighted by atomic mass is 10.2. The first-order valence-corrected chi connectivity index (χ1v) is 5.83. The van der Waals surface area contributed by atoms with Crippen molar-refractivity contribution in [2.45, 2.75) is 6.92 Å². The van der Waals surface area contributed by atoms with E-state index in [1.807, 2.05) is 25.1 Å². The van der Waals surface area contributed by atoms with Gasteiger partial charge in [0.1, 0.15) is 0 Å². The van der Waals surface area contributed by atoms with E-state index in [-0.39, 0.29) is 0 Å². The minimum absolute atomic E-state index is 0.527. The van der Waals surface area contributed by atoms with Gasteiger partial charge in [-0.3, -0.25) is 0 Å². The Hall–Kier alpha value is -1.13. The summed E-state index contributed by atoms with van der Waals surface area (Å²) in [5.41, 5.74) is 1.89. The highest BCUT2D eigenvalue weighted by atomic mass is 79.9. The zero-order chi connectivity index (χ0) is 11.5. The van der Waals surface area contributed by atoms with Crippen LogP contribution in [0.25, 0.3) is 0 Å². The lowest BCUT2D eigenvalue weighted by molar-refractivity contribution is 1.15. The van der Waals surface area contributed by atoms with Crippen LogP contribution in [0.5, 0.6) is 0 Å². The molecule has 0 unspecified atom stereocenters. The zero-order valence-electron chi connectivity index (χ0n) is 8.54. The Morgan fingerprint density at radius 2 is 1.94 bits per heavy atom. The SMILES string of the molecule is Cc1cccc(Cl)c1Nc1ncc(Br)cn1. The Balaban J connectivity index is 2.30. The molecule has 2 aromatic rings. The van der Waals surface area contributed by atoms with Crippen molar-refractivity contribution in [2.24, 2.45) is 0 Å². The summed E-state index contributed by atoms with van der Waals surface area (Å²) in [6, 6.07) is 5.72. The molecule has 0 bridgehead atoms. The van der Waals surface area contributed by atoms with Crippen molar-refractivity contribution in [2.75, 3.05) is 5.32 Å². The molecule has 82 valence electrons. The number of aromatic nitrogens is 2. The van der Waals surface area contributed by atoms with Gasteiger partial charge in [0.05, 0.1) is 15.2 Å². The van der Waals surface area contributed by atoms with E-state index in [0.29, 0.717) is 11.0 Å². The molecule has 0 saturated carbocycles. The van der Waals surface area contributed by atoms with Crippen molar-refractivity contribution >= 4 is 39.2 Å². The van der Waals surface area contributed by atoms with Crippen LogP contribution < -0.4 is 5.32 Å². The van der Waals surface area contributed by atoms with Gasteiger partial charge in [-0.2, -0.15) is 0 Å². The van der Waals surface area contributed by atoms with Gasteiger partial charge in [-0.05, 0) is 34.5 Å². The van der Waals surface area contributed by atoms with Gasteiger partial charge in [-0.25, -0.2) is 9.97 Å². The Morgan fingerprint density at radius 3 is 2.56 bits per heavy atom. The van der Waals surface area contributed by atoms with E-state index in [0.717, 1.165) is 15.7 Å². The fourth-order valence-corrected chi connectivity index (χ4v) is 1.75. The van der Waals surface area contributed by atoms with Crippen LogP contribution in [0.15, 0.2) is 35.1 Å². The first-order chi connectivity index (χ1) is 7.66. The van der Waals surface area contributed by atoms with Crippen LogP contribution in [0.4, 0.5) is 11.6 Å². The Labute approximate surface area is 107 Å². The summed E-state index contributed by atoms with van der Waals surface area (Å²) < 4.78 is 0.842. The van der Waals surface area contributed by atoms with Gasteiger partial charge in [-0.1, -0.05) is 23.7 Å². The first-order valence-electron chi connectivity index (χ1n) is 4.66. The van der Waals surface area contributed by atoms with E-state index in [1.54, 1.807) is 12.4 Å². The van der Waals surface area contributed by atoms with E-state index < -0.39 is 0 Å². The minimum Gasteiger partial charge on any atom is -0.323 e. The Kier molecular flexibility index (Phi) is 3.41. The highest BCUT2D eigenvalue weighted by Gasteiger charge is 2.05. The Morgan fingerprint density at radius 1 is 1.25 bits per heavy atom. The number of benzene rings is 1. The second-order valence-corrected chi connectivity index (χ2v) is 4.60.